The lowest BCUT2D eigenvalue weighted by molar-refractivity contribution is -0.316. The van der Waals surface area contributed by atoms with Gasteiger partial charge in [0.25, 0.3) is 0 Å². The highest BCUT2D eigenvalue weighted by molar-refractivity contribution is 5.87. The first kappa shape index (κ1) is 31.8. The van der Waals surface area contributed by atoms with E-state index in [1.54, 1.807) is 0 Å². The summed E-state index contributed by atoms with van der Waals surface area (Å²) in [5, 5.41) is 52.0. The van der Waals surface area contributed by atoms with Gasteiger partial charge in [-0.2, -0.15) is 0 Å². The van der Waals surface area contributed by atoms with E-state index in [1.807, 2.05) is 0 Å². The maximum atomic E-state index is 13.9. The average molecular weight is 581 g/mol. The molecule has 0 aromatic heterocycles. The minimum atomic E-state index is -1.50. The van der Waals surface area contributed by atoms with Gasteiger partial charge in [0, 0.05) is 5.92 Å². The van der Waals surface area contributed by atoms with Gasteiger partial charge in [-0.1, -0.05) is 53.9 Å². The fourth-order valence-corrected chi connectivity index (χ4v) is 10.5. The van der Waals surface area contributed by atoms with Crippen molar-refractivity contribution in [3.8, 4) is 0 Å². The lowest BCUT2D eigenvalue weighted by Gasteiger charge is -2.61. The van der Waals surface area contributed by atoms with Crippen molar-refractivity contribution in [1.29, 1.82) is 0 Å². The van der Waals surface area contributed by atoms with Crippen molar-refractivity contribution in [2.45, 2.75) is 142 Å². The van der Waals surface area contributed by atoms with Crippen LogP contribution in [0.2, 0.25) is 0 Å². The fourth-order valence-electron chi connectivity index (χ4n) is 10.5. The van der Waals surface area contributed by atoms with Crippen molar-refractivity contribution in [3.05, 3.63) is 0 Å². The lowest BCUT2D eigenvalue weighted by atomic mass is 9.43. The molecule has 8 heteroatoms. The van der Waals surface area contributed by atoms with Crippen LogP contribution in [0.15, 0.2) is 0 Å². The number of hydrogen-bond donors (Lipinski definition) is 5. The number of Topliss-reactive ketones (excluding diaryl/α,β-unsaturated/α-hetero) is 1. The van der Waals surface area contributed by atoms with Crippen molar-refractivity contribution < 1.29 is 39.8 Å². The van der Waals surface area contributed by atoms with Gasteiger partial charge in [-0.25, -0.2) is 0 Å². The van der Waals surface area contributed by atoms with Crippen LogP contribution in [0.5, 0.6) is 0 Å². The summed E-state index contributed by atoms with van der Waals surface area (Å²) in [4.78, 5) is 13.9. The molecule has 0 aromatic carbocycles. The molecule has 0 amide bonds. The largest absolute Gasteiger partial charge is 0.394 e. The van der Waals surface area contributed by atoms with E-state index >= 15 is 0 Å². The molecular formula is C33H56O8. The molecule has 8 nitrogen and oxygen atoms in total. The van der Waals surface area contributed by atoms with E-state index in [1.165, 1.54) is 25.7 Å². The van der Waals surface area contributed by atoms with Crippen molar-refractivity contribution in [2.75, 3.05) is 6.61 Å². The predicted octanol–water partition coefficient (Wildman–Crippen LogP) is 3.44. The lowest BCUT2D eigenvalue weighted by Crippen LogP contribution is -2.63. The van der Waals surface area contributed by atoms with E-state index in [-0.39, 0.29) is 28.4 Å². The molecule has 0 spiro atoms. The quantitative estimate of drug-likeness (QED) is 0.276. The Hall–Kier alpha value is -0.610. The van der Waals surface area contributed by atoms with Crippen molar-refractivity contribution in [1.82, 2.24) is 0 Å². The zero-order valence-corrected chi connectivity index (χ0v) is 25.8. The molecule has 1 saturated heterocycles. The Labute approximate surface area is 246 Å². The van der Waals surface area contributed by atoms with Crippen molar-refractivity contribution >= 4 is 5.78 Å². The van der Waals surface area contributed by atoms with E-state index in [4.69, 9.17) is 9.47 Å². The van der Waals surface area contributed by atoms with Crippen LogP contribution in [-0.2, 0) is 14.3 Å². The Bertz CT molecular complexity index is 925. The van der Waals surface area contributed by atoms with Crippen LogP contribution in [0, 0.1) is 52.3 Å². The standard InChI is InChI=1S/C33H56O8/c1-17(2)7-6-8-18(3)20-9-10-21-25-22(12-14-32(20,21)4)33(5)13-11-19(15-23(33)26(35)28(25)37)40-31-30(39)29(38)27(36)24(16-34)41-31/h17-25,27-31,34,36-39H,6-16H2,1-5H3/t18-,19?,20-,21?,22?,23?,24-,25?,27+,28?,29+,30+,31+,32-,33-/m1/s1. The van der Waals surface area contributed by atoms with Crippen LogP contribution in [-0.4, -0.2) is 80.8 Å². The van der Waals surface area contributed by atoms with E-state index in [2.05, 4.69) is 34.6 Å². The molecule has 6 unspecified atom stereocenters. The first-order valence-electron chi connectivity index (χ1n) is 16.5. The molecular weight excluding hydrogens is 524 g/mol. The van der Waals surface area contributed by atoms with Gasteiger partial charge in [0.05, 0.1) is 12.7 Å². The summed E-state index contributed by atoms with van der Waals surface area (Å²) in [5.74, 6) is 2.33. The molecule has 1 heterocycles. The minimum Gasteiger partial charge on any atom is -0.394 e. The van der Waals surface area contributed by atoms with Crippen LogP contribution in [0.3, 0.4) is 0 Å². The van der Waals surface area contributed by atoms with Gasteiger partial charge in [0.2, 0.25) is 0 Å². The topological polar surface area (TPSA) is 137 Å². The number of carbonyl (C=O) groups is 1. The Balaban J connectivity index is 1.28. The molecule has 5 fully saturated rings. The molecule has 0 aromatic rings. The van der Waals surface area contributed by atoms with Crippen molar-refractivity contribution in [3.63, 3.8) is 0 Å². The number of ether oxygens (including phenoxy) is 2. The molecule has 41 heavy (non-hydrogen) atoms. The first-order valence-corrected chi connectivity index (χ1v) is 16.5. The average Bonchev–Trinajstić information content (AvgIpc) is 3.29. The molecule has 0 radical (unpaired) electrons. The third kappa shape index (κ3) is 5.46. The Morgan fingerprint density at radius 1 is 0.902 bits per heavy atom. The predicted molar refractivity (Wildman–Crippen MR) is 153 cm³/mol. The maximum absolute atomic E-state index is 13.9. The molecule has 5 N–H and O–H groups in total. The molecule has 15 atom stereocenters. The fraction of sp³-hybridized carbons (Fsp3) is 0.970. The number of carbonyl (C=O) groups excluding carboxylic acids is 1. The van der Waals surface area contributed by atoms with Gasteiger partial charge in [0.1, 0.15) is 30.5 Å². The summed E-state index contributed by atoms with van der Waals surface area (Å²) in [6.45, 7) is 11.2. The second-order valence-corrected chi connectivity index (χ2v) is 15.5. The molecule has 4 saturated carbocycles. The zero-order valence-electron chi connectivity index (χ0n) is 25.8. The maximum Gasteiger partial charge on any atom is 0.186 e. The number of ketones is 1. The van der Waals surface area contributed by atoms with Crippen LogP contribution in [0.1, 0.15) is 98.8 Å². The van der Waals surface area contributed by atoms with Gasteiger partial charge < -0.3 is 35.0 Å². The zero-order chi connectivity index (χ0) is 29.9. The highest BCUT2D eigenvalue weighted by atomic mass is 16.7. The number of aliphatic hydroxyl groups excluding tert-OH is 5. The Kier molecular flexibility index (Phi) is 9.35. The van der Waals surface area contributed by atoms with Crippen LogP contribution in [0.4, 0.5) is 0 Å². The summed E-state index contributed by atoms with van der Waals surface area (Å²) in [6.07, 6.45) is 2.24. The van der Waals surface area contributed by atoms with Crippen molar-refractivity contribution in [2.24, 2.45) is 52.3 Å². The summed E-state index contributed by atoms with van der Waals surface area (Å²) in [6, 6.07) is 0. The van der Waals surface area contributed by atoms with Gasteiger partial charge in [0.15, 0.2) is 12.1 Å². The highest BCUT2D eigenvalue weighted by Gasteiger charge is 2.65. The number of hydrogen-bond acceptors (Lipinski definition) is 8. The SMILES string of the molecule is CC(C)CCC[C@@H](C)[C@H]1CCC2C3C(O)C(=O)C4CC(O[C@H]5O[C@H](CO)[C@H](O)[C@H](O)[C@@H]5O)CC[C@]4(C)C3CC[C@@]21C. The third-order valence-corrected chi connectivity index (χ3v) is 12.9. The van der Waals surface area contributed by atoms with Gasteiger partial charge in [-0.3, -0.25) is 4.79 Å². The number of aliphatic hydroxyl groups is 5. The van der Waals surface area contributed by atoms with Crippen LogP contribution in [0.25, 0.3) is 0 Å². The highest BCUT2D eigenvalue weighted by Crippen LogP contribution is 2.68. The monoisotopic (exact) mass is 580 g/mol. The summed E-state index contributed by atoms with van der Waals surface area (Å²) in [7, 11) is 0. The molecule has 236 valence electrons. The summed E-state index contributed by atoms with van der Waals surface area (Å²) >= 11 is 0. The second kappa shape index (κ2) is 12.1. The van der Waals surface area contributed by atoms with Gasteiger partial charge in [-0.15, -0.1) is 0 Å². The van der Waals surface area contributed by atoms with E-state index in [9.17, 15) is 30.3 Å². The van der Waals surface area contributed by atoms with Crippen LogP contribution >= 0.6 is 0 Å². The Morgan fingerprint density at radius 2 is 1.59 bits per heavy atom. The molecule has 5 rings (SSSR count). The minimum absolute atomic E-state index is 0.0123. The number of fused-ring (bicyclic) bond motifs is 5. The second-order valence-electron chi connectivity index (χ2n) is 15.5. The first-order chi connectivity index (χ1) is 19.3. The smallest absolute Gasteiger partial charge is 0.186 e. The third-order valence-electron chi connectivity index (χ3n) is 12.9. The number of rotatable bonds is 8. The molecule has 5 aliphatic rings. The summed E-state index contributed by atoms with van der Waals surface area (Å²) < 4.78 is 11.7. The van der Waals surface area contributed by atoms with E-state index in [0.717, 1.165) is 31.6 Å². The van der Waals surface area contributed by atoms with Crippen LogP contribution < -0.4 is 0 Å². The molecule has 1 aliphatic heterocycles. The Morgan fingerprint density at radius 3 is 2.27 bits per heavy atom. The van der Waals surface area contributed by atoms with E-state index in [0.29, 0.717) is 36.5 Å². The summed E-state index contributed by atoms with van der Waals surface area (Å²) in [5.41, 5.74) is -0.0369. The van der Waals surface area contributed by atoms with Gasteiger partial charge >= 0.3 is 0 Å². The normalized spacial score (nSPS) is 50.8. The van der Waals surface area contributed by atoms with E-state index < -0.39 is 49.5 Å². The molecule has 4 aliphatic carbocycles. The van der Waals surface area contributed by atoms with Gasteiger partial charge in [-0.05, 0) is 91.3 Å². The molecule has 0 bridgehead atoms.